The third kappa shape index (κ3) is 7.62. The fourth-order valence-corrected chi connectivity index (χ4v) is 4.86. The summed E-state index contributed by atoms with van der Waals surface area (Å²) in [6.45, 7) is 14.5. The van der Waals surface area contributed by atoms with Crippen molar-refractivity contribution in [2.24, 2.45) is 4.99 Å². The number of nitrogens with one attached hydrogen (secondary N) is 2. The first kappa shape index (κ1) is 26.4. The van der Waals surface area contributed by atoms with Gasteiger partial charge in [-0.05, 0) is 51.2 Å². The van der Waals surface area contributed by atoms with E-state index in [1.54, 1.807) is 0 Å². The Bertz CT molecular complexity index is 728. The number of halogens is 2. The van der Waals surface area contributed by atoms with Gasteiger partial charge in [-0.15, -0.1) is 24.0 Å². The minimum absolute atomic E-state index is 0. The van der Waals surface area contributed by atoms with Gasteiger partial charge in [-0.25, -0.2) is 0 Å². The number of ether oxygens (including phenoxy) is 1. The Labute approximate surface area is 210 Å². The summed E-state index contributed by atoms with van der Waals surface area (Å²) in [6.07, 6.45) is 4.14. The van der Waals surface area contributed by atoms with Gasteiger partial charge < -0.3 is 15.4 Å². The van der Waals surface area contributed by atoms with E-state index < -0.39 is 0 Å². The molecule has 2 aliphatic heterocycles. The van der Waals surface area contributed by atoms with Gasteiger partial charge in [0.15, 0.2) is 5.96 Å². The van der Waals surface area contributed by atoms with Crippen molar-refractivity contribution in [2.45, 2.75) is 51.0 Å². The zero-order valence-corrected chi connectivity index (χ0v) is 22.0. The Morgan fingerprint density at radius 2 is 1.94 bits per heavy atom. The van der Waals surface area contributed by atoms with Crippen molar-refractivity contribution in [2.75, 3.05) is 45.9 Å². The molecule has 174 valence electrons. The summed E-state index contributed by atoms with van der Waals surface area (Å²) in [5, 5.41) is 7.95. The monoisotopic (exact) mass is 560 g/mol. The number of nitrogens with zero attached hydrogens (tertiary/aromatic N) is 2. The minimum atomic E-state index is -0.0657. The van der Waals surface area contributed by atoms with Crippen LogP contribution >= 0.6 is 35.6 Å². The van der Waals surface area contributed by atoms with Gasteiger partial charge in [-0.3, -0.25) is 9.89 Å². The summed E-state index contributed by atoms with van der Waals surface area (Å²) in [6, 6.07) is 8.66. The fourth-order valence-electron chi connectivity index (χ4n) is 4.53. The van der Waals surface area contributed by atoms with E-state index in [-0.39, 0.29) is 29.4 Å². The Morgan fingerprint density at radius 1 is 1.26 bits per heavy atom. The second-order valence-corrected chi connectivity index (χ2v) is 9.13. The largest absolute Gasteiger partial charge is 0.381 e. The molecule has 0 unspecified atom stereocenters. The summed E-state index contributed by atoms with van der Waals surface area (Å²) in [4.78, 5) is 7.53. The van der Waals surface area contributed by atoms with Crippen molar-refractivity contribution in [1.82, 2.24) is 15.5 Å². The zero-order chi connectivity index (χ0) is 21.4. The van der Waals surface area contributed by atoms with E-state index in [1.807, 2.05) is 12.1 Å². The minimum Gasteiger partial charge on any atom is -0.381 e. The van der Waals surface area contributed by atoms with E-state index in [4.69, 9.17) is 21.3 Å². The van der Waals surface area contributed by atoms with Crippen molar-refractivity contribution < 1.29 is 4.74 Å². The smallest absolute Gasteiger partial charge is 0.191 e. The van der Waals surface area contributed by atoms with Crippen molar-refractivity contribution in [3.05, 3.63) is 47.0 Å². The van der Waals surface area contributed by atoms with Crippen LogP contribution in [0.4, 0.5) is 0 Å². The van der Waals surface area contributed by atoms with Crippen LogP contribution < -0.4 is 10.6 Å². The molecule has 7 heteroatoms. The van der Waals surface area contributed by atoms with E-state index in [2.05, 4.69) is 48.1 Å². The summed E-state index contributed by atoms with van der Waals surface area (Å²) >= 11 is 6.60. The van der Waals surface area contributed by atoms with E-state index in [1.165, 1.54) is 11.1 Å². The normalized spacial score (nSPS) is 20.0. The Morgan fingerprint density at radius 3 is 2.55 bits per heavy atom. The summed E-state index contributed by atoms with van der Waals surface area (Å²) < 4.78 is 5.67. The highest BCUT2D eigenvalue weighted by molar-refractivity contribution is 14.0. The molecule has 0 spiro atoms. The third-order valence-electron chi connectivity index (χ3n) is 6.20. The van der Waals surface area contributed by atoms with E-state index >= 15 is 0 Å². The van der Waals surface area contributed by atoms with Crippen LogP contribution in [-0.2, 0) is 10.2 Å². The van der Waals surface area contributed by atoms with Gasteiger partial charge in [-0.2, -0.15) is 0 Å². The molecule has 0 radical (unpaired) electrons. The molecule has 3 rings (SSSR count). The van der Waals surface area contributed by atoms with Gasteiger partial charge in [0.05, 0.1) is 6.54 Å². The Balaban J connectivity index is 0.00000341. The molecule has 2 aliphatic rings. The number of hydrogen-bond donors (Lipinski definition) is 2. The van der Waals surface area contributed by atoms with Gasteiger partial charge in [0.2, 0.25) is 0 Å². The number of hydrogen-bond acceptors (Lipinski definition) is 3. The zero-order valence-electron chi connectivity index (χ0n) is 19.0. The summed E-state index contributed by atoms with van der Waals surface area (Å²) in [5.74, 6) is 0.911. The number of likely N-dealkylation sites (tertiary alicyclic amines) is 1. The van der Waals surface area contributed by atoms with Crippen molar-refractivity contribution in [1.29, 1.82) is 0 Å². The first-order chi connectivity index (χ1) is 14.5. The number of guanidine groups is 1. The first-order valence-corrected chi connectivity index (χ1v) is 11.6. The van der Waals surface area contributed by atoms with Crippen molar-refractivity contribution >= 4 is 41.5 Å². The first-order valence-electron chi connectivity index (χ1n) is 11.3. The maximum absolute atomic E-state index is 6.60. The predicted octanol–water partition coefficient (Wildman–Crippen LogP) is 4.60. The molecular weight excluding hydrogens is 523 g/mol. The number of rotatable bonds is 7. The molecule has 2 fully saturated rings. The second-order valence-electron chi connectivity index (χ2n) is 8.72. The van der Waals surface area contributed by atoms with Gasteiger partial charge in [0.1, 0.15) is 0 Å². The van der Waals surface area contributed by atoms with Crippen LogP contribution in [0.5, 0.6) is 0 Å². The quantitative estimate of drug-likeness (QED) is 0.222. The van der Waals surface area contributed by atoms with Gasteiger partial charge in [0.25, 0.3) is 0 Å². The van der Waals surface area contributed by atoms with Gasteiger partial charge in [-0.1, -0.05) is 42.0 Å². The number of aliphatic imine (C=N–C) groups is 1. The molecule has 0 amide bonds. The lowest BCUT2D eigenvalue weighted by atomic mass is 9.74. The maximum atomic E-state index is 6.60. The van der Waals surface area contributed by atoms with Crippen LogP contribution in [0.15, 0.2) is 41.4 Å². The van der Waals surface area contributed by atoms with Crippen LogP contribution in [0.1, 0.15) is 45.1 Å². The van der Waals surface area contributed by atoms with Crippen LogP contribution in [0.3, 0.4) is 0 Å². The number of piperidine rings is 1. The highest BCUT2D eigenvalue weighted by atomic mass is 127. The van der Waals surface area contributed by atoms with Gasteiger partial charge in [0, 0.05) is 55.9 Å². The van der Waals surface area contributed by atoms with E-state index in [0.717, 1.165) is 76.1 Å². The second kappa shape index (κ2) is 13.0. The molecule has 1 aromatic rings. The highest BCUT2D eigenvalue weighted by Crippen LogP contribution is 2.38. The molecule has 31 heavy (non-hydrogen) atoms. The average molecular weight is 561 g/mol. The van der Waals surface area contributed by atoms with Crippen LogP contribution in [-0.4, -0.2) is 62.8 Å². The molecule has 2 heterocycles. The van der Waals surface area contributed by atoms with Crippen LogP contribution in [0, 0.1) is 0 Å². The standard InChI is InChI=1S/C24H37ClN4O.HI/c1-4-26-23(28-20-9-13-29(14-10-20)17-19(2)3)27-18-24(11-15-30-16-12-24)21-7-5-6-8-22(21)25;/h5-8,20H,2,4,9-18H2,1,3H3,(H2,26,27,28);1H. The maximum Gasteiger partial charge on any atom is 0.191 e. The van der Waals surface area contributed by atoms with Crippen LogP contribution in [0.2, 0.25) is 5.02 Å². The predicted molar refractivity (Wildman–Crippen MR) is 142 cm³/mol. The lowest BCUT2D eigenvalue weighted by Gasteiger charge is -2.37. The molecule has 5 nitrogen and oxygen atoms in total. The van der Waals surface area contributed by atoms with E-state index in [9.17, 15) is 0 Å². The van der Waals surface area contributed by atoms with Gasteiger partial charge >= 0.3 is 0 Å². The SMILES string of the molecule is C=C(C)CN1CCC(NC(=NCC2(c3ccccc3Cl)CCOCC2)NCC)CC1.I. The topological polar surface area (TPSA) is 48.9 Å². The molecule has 2 saturated heterocycles. The lowest BCUT2D eigenvalue weighted by molar-refractivity contribution is 0.0531. The summed E-state index contributed by atoms with van der Waals surface area (Å²) in [5.41, 5.74) is 2.37. The Hall–Kier alpha value is -0.830. The van der Waals surface area contributed by atoms with Crippen molar-refractivity contribution in [3.8, 4) is 0 Å². The number of benzene rings is 1. The molecule has 0 saturated carbocycles. The third-order valence-corrected chi connectivity index (χ3v) is 6.53. The van der Waals surface area contributed by atoms with Crippen LogP contribution in [0.25, 0.3) is 0 Å². The molecule has 0 bridgehead atoms. The van der Waals surface area contributed by atoms with E-state index in [0.29, 0.717) is 12.6 Å². The molecule has 1 aromatic carbocycles. The van der Waals surface area contributed by atoms with Crippen molar-refractivity contribution in [3.63, 3.8) is 0 Å². The lowest BCUT2D eigenvalue weighted by Crippen LogP contribution is -2.49. The fraction of sp³-hybridized carbons (Fsp3) is 0.625. The molecule has 0 aromatic heterocycles. The Kier molecular flexibility index (Phi) is 11.1. The highest BCUT2D eigenvalue weighted by Gasteiger charge is 2.36. The molecule has 0 aliphatic carbocycles. The average Bonchev–Trinajstić information content (AvgIpc) is 2.74. The molecule has 0 atom stereocenters. The summed E-state index contributed by atoms with van der Waals surface area (Å²) in [7, 11) is 0. The molecule has 2 N–H and O–H groups in total. The molecular formula is C24H38ClIN4O.